The van der Waals surface area contributed by atoms with Crippen molar-refractivity contribution in [2.45, 2.75) is 19.6 Å². The third kappa shape index (κ3) is 4.73. The van der Waals surface area contributed by atoms with Gasteiger partial charge in [-0.05, 0) is 24.6 Å². The molecular weight excluding hydrogens is 242 g/mol. The minimum atomic E-state index is -0.546. The zero-order valence-corrected chi connectivity index (χ0v) is 11.0. The summed E-state index contributed by atoms with van der Waals surface area (Å²) in [7, 11) is 0. The number of hydrogen-bond donors (Lipinski definition) is 3. The van der Waals surface area contributed by atoms with Gasteiger partial charge in [0.1, 0.15) is 24.3 Å². The highest BCUT2D eigenvalue weighted by molar-refractivity contribution is 5.27. The summed E-state index contributed by atoms with van der Waals surface area (Å²) in [4.78, 5) is 7.07. The Morgan fingerprint density at radius 3 is 3.11 bits per heavy atom. The monoisotopic (exact) mass is 261 g/mol. The third-order valence-corrected chi connectivity index (χ3v) is 2.66. The van der Waals surface area contributed by atoms with Gasteiger partial charge in [0.2, 0.25) is 0 Å². The van der Waals surface area contributed by atoms with Gasteiger partial charge in [-0.3, -0.25) is 0 Å². The summed E-state index contributed by atoms with van der Waals surface area (Å²) in [5.41, 5.74) is 1.14. The van der Waals surface area contributed by atoms with Gasteiger partial charge in [-0.1, -0.05) is 12.1 Å². The van der Waals surface area contributed by atoms with Crippen molar-refractivity contribution in [2.24, 2.45) is 0 Å². The van der Waals surface area contributed by atoms with Crippen LogP contribution in [0.2, 0.25) is 0 Å². The summed E-state index contributed by atoms with van der Waals surface area (Å²) in [5, 5.41) is 12.9. The molecule has 1 unspecified atom stereocenters. The van der Waals surface area contributed by atoms with Crippen LogP contribution >= 0.6 is 0 Å². The number of ether oxygens (including phenoxy) is 1. The lowest BCUT2D eigenvalue weighted by Gasteiger charge is -2.13. The van der Waals surface area contributed by atoms with Gasteiger partial charge in [-0.2, -0.15) is 0 Å². The highest BCUT2D eigenvalue weighted by Crippen LogP contribution is 2.12. The second kappa shape index (κ2) is 6.92. The molecule has 0 spiro atoms. The maximum atomic E-state index is 9.79. The predicted molar refractivity (Wildman–Crippen MR) is 73.0 cm³/mol. The first-order valence-electron chi connectivity index (χ1n) is 6.30. The smallest absolute Gasteiger partial charge is 0.120 e. The van der Waals surface area contributed by atoms with Crippen LogP contribution in [-0.2, 0) is 6.54 Å². The molecule has 0 aliphatic carbocycles. The topological polar surface area (TPSA) is 70.2 Å². The predicted octanol–water partition coefficient (Wildman–Crippen LogP) is 1.25. The van der Waals surface area contributed by atoms with Crippen molar-refractivity contribution in [3.63, 3.8) is 0 Å². The molecule has 1 heterocycles. The van der Waals surface area contributed by atoms with Gasteiger partial charge in [0.15, 0.2) is 0 Å². The molecule has 102 valence electrons. The average molecular weight is 261 g/mol. The van der Waals surface area contributed by atoms with E-state index in [1.165, 1.54) is 0 Å². The molecule has 0 aliphatic rings. The maximum absolute atomic E-state index is 9.79. The Morgan fingerprint density at radius 2 is 2.37 bits per heavy atom. The highest BCUT2D eigenvalue weighted by atomic mass is 16.5. The molecule has 0 saturated carbocycles. The molecule has 0 fully saturated rings. The van der Waals surface area contributed by atoms with Crippen LogP contribution in [0.5, 0.6) is 5.75 Å². The Labute approximate surface area is 112 Å². The van der Waals surface area contributed by atoms with Crippen LogP contribution in [0.1, 0.15) is 11.4 Å². The van der Waals surface area contributed by atoms with E-state index in [0.29, 0.717) is 13.1 Å². The number of aromatic nitrogens is 2. The van der Waals surface area contributed by atoms with E-state index < -0.39 is 6.10 Å². The van der Waals surface area contributed by atoms with E-state index in [-0.39, 0.29) is 6.61 Å². The van der Waals surface area contributed by atoms with Gasteiger partial charge in [-0.15, -0.1) is 0 Å². The minimum absolute atomic E-state index is 0.272. The second-order valence-corrected chi connectivity index (χ2v) is 4.45. The third-order valence-electron chi connectivity index (χ3n) is 2.66. The van der Waals surface area contributed by atoms with Gasteiger partial charge in [0, 0.05) is 18.9 Å². The van der Waals surface area contributed by atoms with E-state index in [0.717, 1.165) is 17.1 Å². The molecule has 5 heteroatoms. The molecule has 19 heavy (non-hydrogen) atoms. The lowest BCUT2D eigenvalue weighted by atomic mass is 10.2. The number of aryl methyl sites for hydroxylation is 1. The molecule has 1 atom stereocenters. The number of rotatable bonds is 7. The number of imidazole rings is 1. The number of H-pyrrole nitrogens is 1. The normalized spacial score (nSPS) is 12.3. The van der Waals surface area contributed by atoms with Crippen molar-refractivity contribution in [2.75, 3.05) is 13.2 Å². The fourth-order valence-corrected chi connectivity index (χ4v) is 1.71. The van der Waals surface area contributed by atoms with Crippen molar-refractivity contribution in [1.29, 1.82) is 0 Å². The second-order valence-electron chi connectivity index (χ2n) is 4.45. The van der Waals surface area contributed by atoms with Crippen LogP contribution in [-0.4, -0.2) is 34.3 Å². The number of aliphatic hydroxyl groups is 1. The number of nitrogens with one attached hydrogen (secondary N) is 2. The molecule has 1 aromatic carbocycles. The molecule has 0 saturated heterocycles. The summed E-state index contributed by atoms with van der Waals surface area (Å²) in [6.07, 6.45) is 2.93. The van der Waals surface area contributed by atoms with E-state index in [1.807, 2.05) is 31.2 Å². The Hall–Kier alpha value is -1.85. The fourth-order valence-electron chi connectivity index (χ4n) is 1.71. The van der Waals surface area contributed by atoms with Crippen molar-refractivity contribution >= 4 is 0 Å². The van der Waals surface area contributed by atoms with Crippen LogP contribution in [0.25, 0.3) is 0 Å². The fraction of sp³-hybridized carbons (Fsp3) is 0.357. The van der Waals surface area contributed by atoms with Crippen LogP contribution in [0.3, 0.4) is 0 Å². The van der Waals surface area contributed by atoms with Crippen molar-refractivity contribution in [1.82, 2.24) is 15.3 Å². The van der Waals surface area contributed by atoms with Gasteiger partial charge < -0.3 is 20.1 Å². The largest absolute Gasteiger partial charge is 0.491 e. The van der Waals surface area contributed by atoms with Crippen molar-refractivity contribution < 1.29 is 9.84 Å². The zero-order valence-electron chi connectivity index (χ0n) is 11.0. The Morgan fingerprint density at radius 1 is 1.47 bits per heavy atom. The molecule has 0 aliphatic heterocycles. The summed E-state index contributed by atoms with van der Waals surface area (Å²) in [6, 6.07) is 7.78. The van der Waals surface area contributed by atoms with Gasteiger partial charge in [0.05, 0.1) is 6.54 Å². The number of benzene rings is 1. The van der Waals surface area contributed by atoms with E-state index in [9.17, 15) is 5.11 Å². The molecular formula is C14H19N3O2. The maximum Gasteiger partial charge on any atom is 0.120 e. The molecule has 0 bridgehead atoms. The first-order chi connectivity index (χ1) is 9.24. The highest BCUT2D eigenvalue weighted by Gasteiger charge is 2.05. The Bertz CT molecular complexity index is 485. The zero-order chi connectivity index (χ0) is 13.5. The van der Waals surface area contributed by atoms with Gasteiger partial charge >= 0.3 is 0 Å². The minimum Gasteiger partial charge on any atom is -0.491 e. The summed E-state index contributed by atoms with van der Waals surface area (Å²) < 4.78 is 5.52. The van der Waals surface area contributed by atoms with Gasteiger partial charge in [0.25, 0.3) is 0 Å². The molecule has 2 aromatic rings. The Balaban J connectivity index is 1.65. The first-order valence-corrected chi connectivity index (χ1v) is 6.30. The molecule has 5 nitrogen and oxygen atoms in total. The van der Waals surface area contributed by atoms with Gasteiger partial charge in [-0.25, -0.2) is 4.98 Å². The molecule has 2 rings (SSSR count). The van der Waals surface area contributed by atoms with Crippen LogP contribution in [0.4, 0.5) is 0 Å². The number of aromatic amines is 1. The number of nitrogens with zero attached hydrogens (tertiary/aromatic N) is 1. The average Bonchev–Trinajstić information content (AvgIpc) is 2.90. The van der Waals surface area contributed by atoms with Crippen molar-refractivity contribution in [3.05, 3.63) is 48.0 Å². The number of aliphatic hydroxyl groups excluding tert-OH is 1. The molecule has 0 radical (unpaired) electrons. The van der Waals surface area contributed by atoms with Crippen LogP contribution in [0.15, 0.2) is 36.7 Å². The van der Waals surface area contributed by atoms with E-state index >= 15 is 0 Å². The van der Waals surface area contributed by atoms with Crippen LogP contribution in [0, 0.1) is 6.92 Å². The lowest BCUT2D eigenvalue weighted by Crippen LogP contribution is -2.31. The van der Waals surface area contributed by atoms with Crippen LogP contribution < -0.4 is 10.1 Å². The van der Waals surface area contributed by atoms with Crippen molar-refractivity contribution in [3.8, 4) is 5.75 Å². The molecule has 1 aromatic heterocycles. The summed E-state index contributed by atoms with van der Waals surface area (Å²) >= 11 is 0. The standard InChI is InChI=1S/C14H19N3O2/c1-11-3-2-4-13(7-11)19-10-12(18)8-15-9-14-16-5-6-17-14/h2-7,12,15,18H,8-10H2,1H3,(H,16,17). The first kappa shape index (κ1) is 13.6. The quantitative estimate of drug-likeness (QED) is 0.701. The number of hydrogen-bond acceptors (Lipinski definition) is 4. The summed E-state index contributed by atoms with van der Waals surface area (Å²) in [5.74, 6) is 1.64. The molecule has 3 N–H and O–H groups in total. The Kier molecular flexibility index (Phi) is 4.94. The van der Waals surface area contributed by atoms with E-state index in [4.69, 9.17) is 4.74 Å². The SMILES string of the molecule is Cc1cccc(OCC(O)CNCc2ncc[nH]2)c1. The molecule has 0 amide bonds. The van der Waals surface area contributed by atoms with E-state index in [2.05, 4.69) is 15.3 Å². The van der Waals surface area contributed by atoms with E-state index in [1.54, 1.807) is 12.4 Å². The lowest BCUT2D eigenvalue weighted by molar-refractivity contribution is 0.106. The summed E-state index contributed by atoms with van der Waals surface area (Å²) in [6.45, 7) is 3.35.